The highest BCUT2D eigenvalue weighted by Crippen LogP contribution is 1.78. The van der Waals surface area contributed by atoms with Gasteiger partial charge in [0.05, 0.1) is 9.54 Å². The molecule has 0 aromatic carbocycles. The Hall–Kier alpha value is 0.0799. The second-order valence-electron chi connectivity index (χ2n) is 1.32. The topological polar surface area (TPSA) is 34.1 Å². The summed E-state index contributed by atoms with van der Waals surface area (Å²) in [6.07, 6.45) is 0. The number of hydrogen-bond acceptors (Lipinski definition) is 2. The van der Waals surface area contributed by atoms with E-state index >= 15 is 0 Å². The average molecular weight is 118 g/mol. The van der Waals surface area contributed by atoms with Crippen LogP contribution in [-0.4, -0.2) is 21.5 Å². The van der Waals surface area contributed by atoms with E-state index in [9.17, 15) is 8.42 Å². The van der Waals surface area contributed by atoms with Crippen molar-refractivity contribution >= 4 is 22.7 Å². The third-order valence-electron chi connectivity index (χ3n) is 0.880. The Morgan fingerprint density at radius 1 is 1.14 bits per heavy atom. The van der Waals surface area contributed by atoms with Gasteiger partial charge in [-0.15, -0.1) is 0 Å². The van der Waals surface area contributed by atoms with Crippen LogP contribution < -0.4 is 0 Å². The van der Waals surface area contributed by atoms with E-state index in [2.05, 4.69) is 0 Å². The van der Waals surface area contributed by atoms with Crippen LogP contribution in [-0.2, 0) is 9.54 Å². The van der Waals surface area contributed by atoms with Crippen LogP contribution in [0.15, 0.2) is 0 Å². The van der Waals surface area contributed by atoms with Crippen molar-refractivity contribution in [3.8, 4) is 0 Å². The van der Waals surface area contributed by atoms with E-state index in [-0.39, 0.29) is 13.1 Å². The van der Waals surface area contributed by atoms with Crippen molar-refractivity contribution in [3.05, 3.63) is 0 Å². The normalized spacial score (nSPS) is 10.6. The van der Waals surface area contributed by atoms with E-state index in [4.69, 9.17) is 0 Å². The Morgan fingerprint density at radius 3 is 1.43 bits per heavy atom. The fourth-order valence-electron chi connectivity index (χ4n) is 0.204. The molecule has 0 atom stereocenters. The highest BCUT2D eigenvalue weighted by molar-refractivity contribution is 8.33. The Morgan fingerprint density at radius 2 is 1.43 bits per heavy atom. The summed E-state index contributed by atoms with van der Waals surface area (Å²) in [6, 6.07) is 0. The Bertz CT molecular complexity index is 117. The van der Waals surface area contributed by atoms with Crippen LogP contribution in [0.25, 0.3) is 0 Å². The summed E-state index contributed by atoms with van der Waals surface area (Å²) in [5.74, 6) is 0. The van der Waals surface area contributed by atoms with Crippen LogP contribution in [0.4, 0.5) is 0 Å². The summed E-state index contributed by atoms with van der Waals surface area (Å²) in [5, 5.41) is 0. The van der Waals surface area contributed by atoms with Gasteiger partial charge < -0.3 is 0 Å². The van der Waals surface area contributed by atoms with E-state index in [0.717, 1.165) is 0 Å². The first-order chi connectivity index (χ1) is 3.12. The van der Waals surface area contributed by atoms with Crippen molar-refractivity contribution in [2.24, 2.45) is 0 Å². The lowest BCUT2D eigenvalue weighted by atomic mass is 10.2. The summed E-state index contributed by atoms with van der Waals surface area (Å²) in [4.78, 5) is 0. The van der Waals surface area contributed by atoms with Crippen LogP contribution in [0.2, 0.25) is 13.6 Å². The van der Waals surface area contributed by atoms with Gasteiger partial charge in [0.25, 0.3) is 13.1 Å². The molecule has 0 aliphatic heterocycles. The molecule has 2 nitrogen and oxygen atoms in total. The van der Waals surface area contributed by atoms with Crippen LogP contribution in [0, 0.1) is 0 Å². The summed E-state index contributed by atoms with van der Waals surface area (Å²) < 4.78 is 20.7. The standard InChI is InChI=1S/C2H8B2O2S/c1-3-7(5,6)4-2/h3-4H,1-2H3. The highest BCUT2D eigenvalue weighted by atomic mass is 32.2. The van der Waals surface area contributed by atoms with Crippen LogP contribution in [0.3, 0.4) is 0 Å². The van der Waals surface area contributed by atoms with Crippen molar-refractivity contribution in [1.29, 1.82) is 0 Å². The van der Waals surface area contributed by atoms with Crippen molar-refractivity contribution < 1.29 is 8.42 Å². The minimum Gasteiger partial charge on any atom is -0.253 e. The molecule has 0 spiro atoms. The van der Waals surface area contributed by atoms with Gasteiger partial charge in [-0.2, -0.15) is 0 Å². The van der Waals surface area contributed by atoms with Gasteiger partial charge >= 0.3 is 0 Å². The lowest BCUT2D eigenvalue weighted by Crippen LogP contribution is -2.11. The van der Waals surface area contributed by atoms with E-state index in [1.165, 1.54) is 0 Å². The fourth-order valence-corrected chi connectivity index (χ4v) is 0.612. The van der Waals surface area contributed by atoms with Crippen molar-refractivity contribution in [3.63, 3.8) is 0 Å². The molecule has 0 amide bonds. The minimum absolute atomic E-state index is 0.267. The van der Waals surface area contributed by atoms with Crippen molar-refractivity contribution in [2.45, 2.75) is 13.6 Å². The third-order valence-corrected chi connectivity index (χ3v) is 2.64. The molecular formula is C2H8B2O2S. The zero-order valence-electron chi connectivity index (χ0n) is 4.64. The molecule has 0 radical (unpaired) electrons. The molecule has 0 fully saturated rings. The molecule has 0 aromatic heterocycles. The average Bonchev–Trinajstić information content (AvgIpc) is 1.68. The molecule has 0 saturated heterocycles. The van der Waals surface area contributed by atoms with Crippen LogP contribution in [0.5, 0.6) is 0 Å². The first kappa shape index (κ1) is 7.08. The second-order valence-corrected chi connectivity index (χ2v) is 3.96. The molecule has 5 heteroatoms. The maximum absolute atomic E-state index is 10.4. The third kappa shape index (κ3) is 2.74. The Kier molecular flexibility index (Phi) is 2.43. The zero-order valence-corrected chi connectivity index (χ0v) is 5.46. The molecule has 0 aromatic rings. The molecule has 7 heavy (non-hydrogen) atoms. The first-order valence-corrected chi connectivity index (χ1v) is 4.15. The van der Waals surface area contributed by atoms with Crippen LogP contribution in [0.1, 0.15) is 0 Å². The molecule has 0 bridgehead atoms. The van der Waals surface area contributed by atoms with Gasteiger partial charge in [0.1, 0.15) is 0 Å². The molecule has 0 aliphatic carbocycles. The second kappa shape index (κ2) is 2.40. The van der Waals surface area contributed by atoms with Gasteiger partial charge in [-0.05, 0) is 0 Å². The number of hydrogen-bond donors (Lipinski definition) is 0. The molecule has 40 valence electrons. The fraction of sp³-hybridized carbons (Fsp3) is 1.00. The van der Waals surface area contributed by atoms with Crippen molar-refractivity contribution in [2.75, 3.05) is 0 Å². The quantitative estimate of drug-likeness (QED) is 0.444. The van der Waals surface area contributed by atoms with E-state index in [1.807, 2.05) is 0 Å². The summed E-state index contributed by atoms with van der Waals surface area (Å²) >= 11 is 0. The van der Waals surface area contributed by atoms with E-state index in [1.54, 1.807) is 13.6 Å². The van der Waals surface area contributed by atoms with Gasteiger partial charge in [-0.25, -0.2) is 0 Å². The summed E-state index contributed by atoms with van der Waals surface area (Å²) in [5.41, 5.74) is 0. The van der Waals surface area contributed by atoms with E-state index in [0.29, 0.717) is 0 Å². The Balaban J connectivity index is 3.89. The monoisotopic (exact) mass is 118 g/mol. The molecule has 0 unspecified atom stereocenters. The van der Waals surface area contributed by atoms with Gasteiger partial charge in [0, 0.05) is 0 Å². The minimum atomic E-state index is -2.66. The predicted octanol–water partition coefficient (Wildman–Crippen LogP) is -0.800. The molecule has 0 rings (SSSR count). The maximum Gasteiger partial charge on any atom is 0.255 e. The summed E-state index contributed by atoms with van der Waals surface area (Å²) in [7, 11) is -2.66. The molecule has 0 heterocycles. The van der Waals surface area contributed by atoms with Gasteiger partial charge in [0.15, 0.2) is 0 Å². The SMILES string of the molecule is CBS(=O)(=O)BC. The largest absolute Gasteiger partial charge is 0.255 e. The highest BCUT2D eigenvalue weighted by Gasteiger charge is 2.03. The van der Waals surface area contributed by atoms with Crippen LogP contribution >= 0.6 is 0 Å². The number of rotatable bonds is 2. The predicted molar refractivity (Wildman–Crippen MR) is 34.9 cm³/mol. The lowest BCUT2D eigenvalue weighted by Gasteiger charge is -1.85. The Labute approximate surface area is 45.5 Å². The van der Waals surface area contributed by atoms with E-state index < -0.39 is 9.54 Å². The van der Waals surface area contributed by atoms with Gasteiger partial charge in [-0.3, -0.25) is 8.42 Å². The zero-order chi connectivity index (χ0) is 5.91. The first-order valence-electron chi connectivity index (χ1n) is 2.32. The molecule has 0 aliphatic rings. The maximum atomic E-state index is 10.4. The smallest absolute Gasteiger partial charge is 0.253 e. The van der Waals surface area contributed by atoms with Crippen molar-refractivity contribution in [1.82, 2.24) is 0 Å². The molecule has 0 saturated carbocycles. The summed E-state index contributed by atoms with van der Waals surface area (Å²) in [6.45, 7) is 3.84. The molecule has 0 N–H and O–H groups in total. The lowest BCUT2D eigenvalue weighted by molar-refractivity contribution is 0.620. The van der Waals surface area contributed by atoms with Gasteiger partial charge in [-0.1, -0.05) is 13.6 Å². The molecular weight excluding hydrogens is 110 g/mol. The van der Waals surface area contributed by atoms with Gasteiger partial charge in [0.2, 0.25) is 0 Å².